The minimum atomic E-state index is -0.248. The summed E-state index contributed by atoms with van der Waals surface area (Å²) < 4.78 is 0. The predicted octanol–water partition coefficient (Wildman–Crippen LogP) is 3.43. The van der Waals surface area contributed by atoms with Crippen LogP contribution in [-0.2, 0) is 17.8 Å². The van der Waals surface area contributed by atoms with Gasteiger partial charge in [-0.3, -0.25) is 4.79 Å². The molecule has 0 radical (unpaired) electrons. The van der Waals surface area contributed by atoms with Crippen LogP contribution in [0.2, 0.25) is 0 Å². The second-order valence-electron chi connectivity index (χ2n) is 4.72. The fraction of sp³-hybridized carbons (Fsp3) is 0.312. The van der Waals surface area contributed by atoms with Crippen LogP contribution in [0.15, 0.2) is 41.8 Å². The summed E-state index contributed by atoms with van der Waals surface area (Å²) >= 11 is 1.65. The number of benzene rings is 1. The molecule has 0 aliphatic heterocycles. The predicted molar refractivity (Wildman–Crippen MR) is 85.1 cm³/mol. The Bertz CT molecular complexity index is 551. The average molecular weight is 288 g/mol. The molecular weight excluding hydrogens is 268 g/mol. The van der Waals surface area contributed by atoms with E-state index in [0.717, 1.165) is 12.1 Å². The Morgan fingerprint density at radius 1 is 1.30 bits per heavy atom. The van der Waals surface area contributed by atoms with E-state index >= 15 is 0 Å². The van der Waals surface area contributed by atoms with E-state index in [4.69, 9.17) is 0 Å². The zero-order valence-electron chi connectivity index (χ0n) is 11.8. The summed E-state index contributed by atoms with van der Waals surface area (Å²) in [6.07, 6.45) is 0.995. The summed E-state index contributed by atoms with van der Waals surface area (Å²) in [5.41, 5.74) is 2.25. The summed E-state index contributed by atoms with van der Waals surface area (Å²) in [4.78, 5) is 13.2. The molecule has 1 aromatic carbocycles. The van der Waals surface area contributed by atoms with Crippen molar-refractivity contribution in [3.8, 4) is 0 Å². The lowest BCUT2D eigenvalue weighted by Crippen LogP contribution is -2.37. The molecule has 1 amide bonds. The maximum absolute atomic E-state index is 12.0. The SMILES string of the molecule is CCc1cccc(NC(C)C(=O)NCc2cccs2)c1. The Balaban J connectivity index is 1.86. The van der Waals surface area contributed by atoms with Gasteiger partial charge in [0.05, 0.1) is 6.54 Å². The Morgan fingerprint density at radius 3 is 2.85 bits per heavy atom. The van der Waals surface area contributed by atoms with Gasteiger partial charge in [-0.25, -0.2) is 0 Å². The fourth-order valence-electron chi connectivity index (χ4n) is 1.94. The maximum atomic E-state index is 12.0. The van der Waals surface area contributed by atoms with Gasteiger partial charge in [-0.05, 0) is 42.5 Å². The minimum absolute atomic E-state index is 0.0142. The molecule has 1 unspecified atom stereocenters. The number of amides is 1. The van der Waals surface area contributed by atoms with Crippen LogP contribution in [0.1, 0.15) is 24.3 Å². The van der Waals surface area contributed by atoms with Crippen LogP contribution in [-0.4, -0.2) is 11.9 Å². The van der Waals surface area contributed by atoms with Crippen LogP contribution in [0.5, 0.6) is 0 Å². The molecule has 0 bridgehead atoms. The third-order valence-corrected chi connectivity index (χ3v) is 4.01. The molecular formula is C16H20N2OS. The van der Waals surface area contributed by atoms with Crippen LogP contribution in [0.25, 0.3) is 0 Å². The van der Waals surface area contributed by atoms with Gasteiger partial charge in [-0.1, -0.05) is 25.1 Å². The maximum Gasteiger partial charge on any atom is 0.242 e. The number of nitrogens with one attached hydrogen (secondary N) is 2. The molecule has 1 aromatic heterocycles. The lowest BCUT2D eigenvalue weighted by molar-refractivity contribution is -0.121. The van der Waals surface area contributed by atoms with Gasteiger partial charge in [-0.2, -0.15) is 0 Å². The zero-order chi connectivity index (χ0) is 14.4. The van der Waals surface area contributed by atoms with Crippen LogP contribution in [0, 0.1) is 0 Å². The first-order valence-electron chi connectivity index (χ1n) is 6.84. The third-order valence-electron chi connectivity index (χ3n) is 3.13. The number of hydrogen-bond donors (Lipinski definition) is 2. The van der Waals surface area contributed by atoms with Gasteiger partial charge in [0.25, 0.3) is 0 Å². The fourth-order valence-corrected chi connectivity index (χ4v) is 2.58. The largest absolute Gasteiger partial charge is 0.374 e. The van der Waals surface area contributed by atoms with Crippen molar-refractivity contribution < 1.29 is 4.79 Å². The third kappa shape index (κ3) is 4.10. The van der Waals surface area contributed by atoms with Gasteiger partial charge in [0, 0.05) is 10.6 Å². The summed E-state index contributed by atoms with van der Waals surface area (Å²) in [6.45, 7) is 4.59. The Kier molecular flexibility index (Phi) is 5.18. The highest BCUT2D eigenvalue weighted by Crippen LogP contribution is 2.12. The lowest BCUT2D eigenvalue weighted by Gasteiger charge is -2.15. The second-order valence-corrected chi connectivity index (χ2v) is 5.75. The Hall–Kier alpha value is -1.81. The molecule has 0 saturated heterocycles. The highest BCUT2D eigenvalue weighted by atomic mass is 32.1. The van der Waals surface area contributed by atoms with Gasteiger partial charge >= 0.3 is 0 Å². The number of carbonyl (C=O) groups is 1. The second kappa shape index (κ2) is 7.10. The van der Waals surface area contributed by atoms with Gasteiger partial charge < -0.3 is 10.6 Å². The van der Waals surface area contributed by atoms with E-state index in [-0.39, 0.29) is 11.9 Å². The van der Waals surface area contributed by atoms with Crippen LogP contribution in [0.4, 0.5) is 5.69 Å². The highest BCUT2D eigenvalue weighted by molar-refractivity contribution is 7.09. The zero-order valence-corrected chi connectivity index (χ0v) is 12.7. The van der Waals surface area contributed by atoms with Crippen molar-refractivity contribution in [1.29, 1.82) is 0 Å². The number of carbonyl (C=O) groups excluding carboxylic acids is 1. The van der Waals surface area contributed by atoms with Crippen molar-refractivity contribution >= 4 is 22.9 Å². The van der Waals surface area contributed by atoms with Gasteiger partial charge in [0.2, 0.25) is 5.91 Å². The van der Waals surface area contributed by atoms with E-state index in [1.165, 1.54) is 10.4 Å². The molecule has 2 N–H and O–H groups in total. The van der Waals surface area contributed by atoms with Crippen molar-refractivity contribution in [2.45, 2.75) is 32.9 Å². The summed E-state index contributed by atoms with van der Waals surface area (Å²) in [5, 5.41) is 8.19. The number of rotatable bonds is 6. The lowest BCUT2D eigenvalue weighted by atomic mass is 10.1. The standard InChI is InChI=1S/C16H20N2OS/c1-3-13-6-4-7-14(10-13)18-12(2)16(19)17-11-15-8-5-9-20-15/h4-10,12,18H,3,11H2,1-2H3,(H,17,19). The monoisotopic (exact) mass is 288 g/mol. The normalized spacial score (nSPS) is 11.9. The van der Waals surface area contributed by atoms with Gasteiger partial charge in [0.15, 0.2) is 0 Å². The molecule has 2 rings (SSSR count). The molecule has 1 atom stereocenters. The van der Waals surface area contributed by atoms with E-state index in [2.05, 4.69) is 29.7 Å². The molecule has 0 saturated carbocycles. The van der Waals surface area contributed by atoms with Gasteiger partial charge in [-0.15, -0.1) is 11.3 Å². The van der Waals surface area contributed by atoms with Crippen molar-refractivity contribution in [2.24, 2.45) is 0 Å². The number of aryl methyl sites for hydroxylation is 1. The molecule has 0 fully saturated rings. The summed E-state index contributed by atoms with van der Waals surface area (Å²) in [6, 6.07) is 11.9. The van der Waals surface area contributed by atoms with E-state index < -0.39 is 0 Å². The van der Waals surface area contributed by atoms with Crippen molar-refractivity contribution in [3.05, 3.63) is 52.2 Å². The van der Waals surface area contributed by atoms with Crippen molar-refractivity contribution in [1.82, 2.24) is 5.32 Å². The number of hydrogen-bond acceptors (Lipinski definition) is 3. The van der Waals surface area contributed by atoms with E-state index in [1.807, 2.05) is 36.6 Å². The van der Waals surface area contributed by atoms with Crippen molar-refractivity contribution in [3.63, 3.8) is 0 Å². The topological polar surface area (TPSA) is 41.1 Å². The number of anilines is 1. The van der Waals surface area contributed by atoms with Crippen LogP contribution < -0.4 is 10.6 Å². The molecule has 0 aliphatic carbocycles. The average Bonchev–Trinajstić information content (AvgIpc) is 2.98. The molecule has 0 spiro atoms. The van der Waals surface area contributed by atoms with Crippen molar-refractivity contribution in [2.75, 3.05) is 5.32 Å². The first-order chi connectivity index (χ1) is 9.69. The molecule has 2 aromatic rings. The van der Waals surface area contributed by atoms with Gasteiger partial charge in [0.1, 0.15) is 6.04 Å². The van der Waals surface area contributed by atoms with Crippen LogP contribution >= 0.6 is 11.3 Å². The molecule has 3 nitrogen and oxygen atoms in total. The molecule has 0 aliphatic rings. The first kappa shape index (κ1) is 14.6. The van der Waals surface area contributed by atoms with E-state index in [9.17, 15) is 4.79 Å². The summed E-state index contributed by atoms with van der Waals surface area (Å²) in [5.74, 6) is 0.0142. The highest BCUT2D eigenvalue weighted by Gasteiger charge is 2.12. The molecule has 20 heavy (non-hydrogen) atoms. The van der Waals surface area contributed by atoms with E-state index in [1.54, 1.807) is 11.3 Å². The Labute approximate surface area is 124 Å². The molecule has 106 valence electrons. The summed E-state index contributed by atoms with van der Waals surface area (Å²) in [7, 11) is 0. The Morgan fingerprint density at radius 2 is 2.15 bits per heavy atom. The minimum Gasteiger partial charge on any atom is -0.374 e. The quantitative estimate of drug-likeness (QED) is 0.855. The smallest absolute Gasteiger partial charge is 0.242 e. The first-order valence-corrected chi connectivity index (χ1v) is 7.72. The molecule has 4 heteroatoms. The van der Waals surface area contributed by atoms with Crippen LogP contribution in [0.3, 0.4) is 0 Å². The van der Waals surface area contributed by atoms with E-state index in [0.29, 0.717) is 6.54 Å². The number of thiophene rings is 1. The molecule has 1 heterocycles.